The second-order valence-electron chi connectivity index (χ2n) is 10.4. The number of ether oxygens (including phenoxy) is 6. The van der Waals surface area contributed by atoms with Gasteiger partial charge in [-0.3, -0.25) is 38.4 Å². The van der Waals surface area contributed by atoms with Gasteiger partial charge in [0.2, 0.25) is 0 Å². The van der Waals surface area contributed by atoms with Crippen molar-refractivity contribution in [2.24, 2.45) is 0 Å². The Labute approximate surface area is 328 Å². The first kappa shape index (κ1) is 45.0. The highest BCUT2D eigenvalue weighted by atomic mass is 127. The summed E-state index contributed by atoms with van der Waals surface area (Å²) in [7, 11) is 0. The molecule has 2 amide bonds. The Morgan fingerprint density at radius 3 is 1.10 bits per heavy atom. The number of carbonyl (C=O) groups is 8. The lowest BCUT2D eigenvalue weighted by molar-refractivity contribution is -0.167. The summed E-state index contributed by atoms with van der Waals surface area (Å²) < 4.78 is 31.9. The Kier molecular flexibility index (Phi) is 19.8. The maximum absolute atomic E-state index is 13.6. The zero-order chi connectivity index (χ0) is 38.3. The summed E-state index contributed by atoms with van der Waals surface area (Å²) in [6.07, 6.45) is -4.63. The summed E-state index contributed by atoms with van der Waals surface area (Å²) in [4.78, 5) is 97.1. The van der Waals surface area contributed by atoms with Crippen LogP contribution in [0.15, 0.2) is 0 Å². The zero-order valence-electron chi connectivity index (χ0n) is 28.0. The number of anilines is 1. The highest BCUT2D eigenvalue weighted by molar-refractivity contribution is 14.1. The molecule has 0 saturated heterocycles. The molecule has 0 fully saturated rings. The molecule has 0 heterocycles. The number of hydrogen-bond acceptors (Lipinski definition) is 15. The van der Waals surface area contributed by atoms with E-state index in [1.807, 2.05) is 67.8 Å². The van der Waals surface area contributed by atoms with Gasteiger partial charge in [0.05, 0.1) is 50.3 Å². The van der Waals surface area contributed by atoms with Crippen LogP contribution in [0.1, 0.15) is 75.1 Å². The van der Waals surface area contributed by atoms with Gasteiger partial charge in [-0.1, -0.05) is 0 Å². The molecule has 50 heavy (non-hydrogen) atoms. The van der Waals surface area contributed by atoms with E-state index in [2.05, 4.69) is 10.6 Å². The van der Waals surface area contributed by atoms with Crippen molar-refractivity contribution in [2.75, 3.05) is 32.0 Å². The predicted octanol–water partition coefficient (Wildman–Crippen LogP) is 2.18. The normalized spacial score (nSPS) is 13.0. The van der Waals surface area contributed by atoms with Crippen molar-refractivity contribution in [3.05, 3.63) is 21.8 Å². The van der Waals surface area contributed by atoms with Crippen LogP contribution in [0.5, 0.6) is 0 Å². The van der Waals surface area contributed by atoms with Crippen molar-refractivity contribution < 1.29 is 66.8 Å². The third-order valence-corrected chi connectivity index (χ3v) is 9.57. The van der Waals surface area contributed by atoms with E-state index in [9.17, 15) is 38.4 Å². The van der Waals surface area contributed by atoms with Gasteiger partial charge in [0.25, 0.3) is 11.8 Å². The molecule has 0 aliphatic rings. The number of nitrogens with one attached hydrogen (secondary N) is 2. The molecule has 4 N–H and O–H groups in total. The number of amides is 2. The van der Waals surface area contributed by atoms with Crippen LogP contribution in [-0.4, -0.2) is 98.3 Å². The molecule has 0 aliphatic heterocycles. The summed E-state index contributed by atoms with van der Waals surface area (Å²) >= 11 is 5.51. The molecule has 0 aromatic heterocycles. The van der Waals surface area contributed by atoms with Crippen molar-refractivity contribution in [1.82, 2.24) is 10.6 Å². The maximum Gasteiger partial charge on any atom is 0.303 e. The van der Waals surface area contributed by atoms with Gasteiger partial charge in [0, 0.05) is 58.0 Å². The summed E-state index contributed by atoms with van der Waals surface area (Å²) in [6.45, 7) is 5.92. The summed E-state index contributed by atoms with van der Waals surface area (Å²) in [5, 5.41) is 5.26. The van der Waals surface area contributed by atoms with E-state index >= 15 is 0 Å². The van der Waals surface area contributed by atoms with Crippen molar-refractivity contribution in [3.8, 4) is 0 Å². The second kappa shape index (κ2) is 22.0. The van der Waals surface area contributed by atoms with Crippen LogP contribution in [-0.2, 0) is 57.2 Å². The average molecular weight is 1050 g/mol. The van der Waals surface area contributed by atoms with E-state index in [-0.39, 0.29) is 59.5 Å². The van der Waals surface area contributed by atoms with E-state index in [1.165, 1.54) is 13.8 Å². The second-order valence-corrected chi connectivity index (χ2v) is 13.6. The first-order chi connectivity index (χ1) is 23.3. The number of hydrogen-bond donors (Lipinski definition) is 3. The molecule has 20 heteroatoms. The molecule has 17 nitrogen and oxygen atoms in total. The van der Waals surface area contributed by atoms with Crippen LogP contribution in [0, 0.1) is 10.7 Å². The Balaban J connectivity index is 3.38. The first-order valence-electron chi connectivity index (χ1n) is 14.7. The van der Waals surface area contributed by atoms with Gasteiger partial charge in [0.15, 0.2) is 12.2 Å². The quantitative estimate of drug-likeness (QED) is 0.0827. The van der Waals surface area contributed by atoms with E-state index in [1.54, 1.807) is 0 Å². The van der Waals surface area contributed by atoms with E-state index in [4.69, 9.17) is 34.2 Å². The predicted molar refractivity (Wildman–Crippen MR) is 198 cm³/mol. The zero-order valence-corrected chi connectivity index (χ0v) is 34.5. The minimum Gasteiger partial charge on any atom is -0.466 e. The molecule has 0 saturated carbocycles. The van der Waals surface area contributed by atoms with Gasteiger partial charge in [-0.05, 0) is 67.8 Å². The number of halogens is 3. The van der Waals surface area contributed by atoms with Gasteiger partial charge in [-0.2, -0.15) is 0 Å². The summed E-state index contributed by atoms with van der Waals surface area (Å²) in [6, 6.07) is 0. The third-order valence-electron chi connectivity index (χ3n) is 6.25. The number of nitrogens with two attached hydrogens (primary N) is 1. The fourth-order valence-corrected chi connectivity index (χ4v) is 8.42. The monoisotopic (exact) mass is 1040 g/mol. The Bertz CT molecular complexity index is 1370. The van der Waals surface area contributed by atoms with Gasteiger partial charge < -0.3 is 44.8 Å². The molecular weight excluding hydrogens is 1010 g/mol. The Hall–Kier alpha value is -3.03. The molecule has 0 spiro atoms. The lowest BCUT2D eigenvalue weighted by atomic mass is 10.1. The minimum absolute atomic E-state index is 0.00972. The number of carbonyl (C=O) groups excluding carboxylic acids is 8. The highest BCUT2D eigenvalue weighted by Gasteiger charge is 2.32. The fraction of sp³-hybridized carbons (Fsp3) is 0.533. The summed E-state index contributed by atoms with van der Waals surface area (Å²) in [5.41, 5.74) is 6.45. The SMILES string of the molecule is CC(=O)OCCC(OC(C)=O)C(CNC(=O)c1c(I)c(N)c(I)c(C(=O)NCC(OC(C)=O)C(CCOC(C)=O)OC(C)=O)c1I)OC(C)=O. The first-order valence-corrected chi connectivity index (χ1v) is 18.0. The number of rotatable bonds is 18. The highest BCUT2D eigenvalue weighted by Crippen LogP contribution is 2.34. The van der Waals surface area contributed by atoms with Crippen LogP contribution >= 0.6 is 67.8 Å². The van der Waals surface area contributed by atoms with E-state index in [0.29, 0.717) is 7.14 Å². The van der Waals surface area contributed by atoms with Gasteiger partial charge in [0.1, 0.15) is 12.2 Å². The molecule has 1 aromatic carbocycles. The van der Waals surface area contributed by atoms with Crippen molar-refractivity contribution in [2.45, 2.75) is 78.8 Å². The van der Waals surface area contributed by atoms with Gasteiger partial charge in [-0.15, -0.1) is 0 Å². The molecule has 278 valence electrons. The van der Waals surface area contributed by atoms with Crippen molar-refractivity contribution >= 4 is 121 Å². The minimum atomic E-state index is -1.18. The lowest BCUT2D eigenvalue weighted by Crippen LogP contribution is -2.45. The van der Waals surface area contributed by atoms with Crippen LogP contribution < -0.4 is 16.4 Å². The number of nitrogen functional groups attached to an aromatic ring is 1. The molecule has 0 radical (unpaired) electrons. The molecule has 4 atom stereocenters. The molecule has 1 rings (SSSR count). The number of benzene rings is 1. The Morgan fingerprint density at radius 2 is 0.820 bits per heavy atom. The van der Waals surface area contributed by atoms with Crippen LogP contribution in [0.2, 0.25) is 0 Å². The third kappa shape index (κ3) is 15.5. The molecule has 4 unspecified atom stereocenters. The van der Waals surface area contributed by atoms with E-state index in [0.717, 1.165) is 27.7 Å². The average Bonchev–Trinajstić information content (AvgIpc) is 2.98. The largest absolute Gasteiger partial charge is 0.466 e. The van der Waals surface area contributed by atoms with Gasteiger partial charge in [-0.25, -0.2) is 0 Å². The van der Waals surface area contributed by atoms with Crippen LogP contribution in [0.4, 0.5) is 5.69 Å². The summed E-state index contributed by atoms with van der Waals surface area (Å²) in [5.74, 6) is -5.45. The topological polar surface area (TPSA) is 242 Å². The maximum atomic E-state index is 13.6. The molecular formula is C30H38I3N3O14. The standard InChI is InChI=1S/C30H38I3N3O14/c1-13(37)45-9-7-19(47-15(3)39)21(49-17(5)41)11-35-29(43)23-25(31)24(27(33)28(34)26(23)32)30(44)36-12-22(50-18(6)42)20(48-16(4)40)8-10-46-14(2)38/h19-22H,7-12,34H2,1-6H3,(H,35,43)(H,36,44). The van der Waals surface area contributed by atoms with Crippen molar-refractivity contribution in [1.29, 1.82) is 0 Å². The smallest absolute Gasteiger partial charge is 0.303 e. The van der Waals surface area contributed by atoms with E-state index < -0.39 is 72.0 Å². The van der Waals surface area contributed by atoms with Crippen LogP contribution in [0.3, 0.4) is 0 Å². The lowest BCUT2D eigenvalue weighted by Gasteiger charge is -2.27. The van der Waals surface area contributed by atoms with Crippen molar-refractivity contribution in [3.63, 3.8) is 0 Å². The molecule has 1 aromatic rings. The fourth-order valence-electron chi connectivity index (χ4n) is 4.28. The van der Waals surface area contributed by atoms with Gasteiger partial charge >= 0.3 is 35.8 Å². The van der Waals surface area contributed by atoms with Crippen LogP contribution in [0.25, 0.3) is 0 Å². The molecule has 0 aliphatic carbocycles. The number of esters is 6. The Morgan fingerprint density at radius 1 is 0.520 bits per heavy atom. The molecule has 0 bridgehead atoms.